The van der Waals surface area contributed by atoms with Crippen LogP contribution in [0.2, 0.25) is 0 Å². The zero-order chi connectivity index (χ0) is 4.99. The van der Waals surface area contributed by atoms with Crippen LogP contribution in [-0.4, -0.2) is 5.75 Å². The highest BCUT2D eigenvalue weighted by molar-refractivity contribution is 8.02. The standard InChI is InChI=1S/C4H7OS/c1-3-6-4(2)5/h2-3H2,1H3. The number of thioether (sulfide) groups is 1. The Bertz CT molecular complexity index is 51.5. The molecule has 35 valence electrons. The summed E-state index contributed by atoms with van der Waals surface area (Å²) >= 11 is 1.24. The lowest BCUT2D eigenvalue weighted by atomic mass is 11.0. The minimum Gasteiger partial charge on any atom is -0.283 e. The van der Waals surface area contributed by atoms with Crippen molar-refractivity contribution in [2.75, 3.05) is 5.75 Å². The van der Waals surface area contributed by atoms with Crippen LogP contribution in [0.25, 0.3) is 0 Å². The Morgan fingerprint density at radius 3 is 2.50 bits per heavy atom. The smallest absolute Gasteiger partial charge is 0.204 e. The topological polar surface area (TPSA) is 19.9 Å². The maximum Gasteiger partial charge on any atom is 0.204 e. The maximum absolute atomic E-state index is 9.90. The summed E-state index contributed by atoms with van der Waals surface area (Å²) in [6.45, 7) is 5.08. The molecule has 0 aromatic rings. The van der Waals surface area contributed by atoms with Crippen LogP contribution in [0.1, 0.15) is 6.92 Å². The molecule has 0 saturated carbocycles. The van der Waals surface area contributed by atoms with Crippen LogP contribution in [0, 0.1) is 0 Å². The Morgan fingerprint density at radius 2 is 2.50 bits per heavy atom. The minimum atomic E-state index is -0.0440. The molecule has 6 heavy (non-hydrogen) atoms. The Hall–Kier alpha value is -0.110. The van der Waals surface area contributed by atoms with Crippen molar-refractivity contribution in [3.63, 3.8) is 0 Å². The van der Waals surface area contributed by atoms with Crippen molar-refractivity contribution in [2.45, 2.75) is 6.92 Å². The van der Waals surface area contributed by atoms with Gasteiger partial charge < -0.3 is 0 Å². The summed E-state index contributed by atoms with van der Waals surface area (Å²) < 4.78 is 0. The van der Waals surface area contributed by atoms with Crippen molar-refractivity contribution < 1.29 is 5.11 Å². The number of hydrogen-bond acceptors (Lipinski definition) is 1. The van der Waals surface area contributed by atoms with E-state index in [0.717, 1.165) is 5.75 Å². The third-order valence-corrected chi connectivity index (χ3v) is 0.916. The van der Waals surface area contributed by atoms with E-state index in [9.17, 15) is 5.11 Å². The van der Waals surface area contributed by atoms with Crippen LogP contribution in [-0.2, 0) is 5.11 Å². The second-order valence-corrected chi connectivity index (χ2v) is 2.13. The first kappa shape index (κ1) is 5.89. The van der Waals surface area contributed by atoms with Gasteiger partial charge in [0.1, 0.15) is 0 Å². The molecule has 1 radical (unpaired) electrons. The Labute approximate surface area is 42.1 Å². The minimum absolute atomic E-state index is 0.0440. The van der Waals surface area contributed by atoms with Crippen molar-refractivity contribution in [3.8, 4) is 0 Å². The predicted octanol–water partition coefficient (Wildman–Crippen LogP) is 1.64. The lowest BCUT2D eigenvalue weighted by Crippen LogP contribution is -1.64. The molecule has 0 heterocycles. The summed E-state index contributed by atoms with van der Waals surface area (Å²) in [6, 6.07) is 0. The number of hydrogen-bond donors (Lipinski definition) is 0. The van der Waals surface area contributed by atoms with Crippen LogP contribution in [0.3, 0.4) is 0 Å². The van der Waals surface area contributed by atoms with E-state index in [0.29, 0.717) is 0 Å². The molecule has 0 aromatic heterocycles. The van der Waals surface area contributed by atoms with Gasteiger partial charge in [-0.2, -0.15) is 0 Å². The highest BCUT2D eigenvalue weighted by Gasteiger charge is 1.83. The predicted molar refractivity (Wildman–Crippen MR) is 28.0 cm³/mol. The van der Waals surface area contributed by atoms with Crippen LogP contribution < -0.4 is 0 Å². The molecule has 0 aromatic carbocycles. The van der Waals surface area contributed by atoms with Gasteiger partial charge in [0, 0.05) is 0 Å². The van der Waals surface area contributed by atoms with Crippen LogP contribution >= 0.6 is 11.8 Å². The summed E-state index contributed by atoms with van der Waals surface area (Å²) in [5, 5.41) is 9.85. The molecule has 1 nitrogen and oxygen atoms in total. The molecule has 0 unspecified atom stereocenters. The van der Waals surface area contributed by atoms with E-state index in [4.69, 9.17) is 0 Å². The molecule has 0 bridgehead atoms. The van der Waals surface area contributed by atoms with Gasteiger partial charge in [0.05, 0.1) is 0 Å². The molecule has 0 saturated heterocycles. The molecular formula is C4H7OS. The highest BCUT2D eigenvalue weighted by Crippen LogP contribution is 2.07. The van der Waals surface area contributed by atoms with Gasteiger partial charge in [0.15, 0.2) is 0 Å². The maximum atomic E-state index is 9.90. The zero-order valence-electron chi connectivity index (χ0n) is 3.73. The molecule has 2 heteroatoms. The van der Waals surface area contributed by atoms with E-state index in [1.54, 1.807) is 0 Å². The van der Waals surface area contributed by atoms with Crippen molar-refractivity contribution in [1.29, 1.82) is 0 Å². The van der Waals surface area contributed by atoms with Crippen LogP contribution in [0.5, 0.6) is 0 Å². The van der Waals surface area contributed by atoms with E-state index in [-0.39, 0.29) is 5.09 Å². The lowest BCUT2D eigenvalue weighted by Gasteiger charge is -1.81. The van der Waals surface area contributed by atoms with Gasteiger partial charge in [-0.25, -0.2) is 0 Å². The van der Waals surface area contributed by atoms with E-state index < -0.39 is 0 Å². The second kappa shape index (κ2) is 3.09. The summed E-state index contributed by atoms with van der Waals surface area (Å²) in [5.74, 6) is 0.836. The number of rotatable bonds is 2. The third-order valence-electron chi connectivity index (χ3n) is 0.305. The quantitative estimate of drug-likeness (QED) is 0.486. The average molecular weight is 103 g/mol. The van der Waals surface area contributed by atoms with Crippen LogP contribution in [0.4, 0.5) is 0 Å². The molecule has 0 N–H and O–H groups in total. The Morgan fingerprint density at radius 1 is 2.00 bits per heavy atom. The van der Waals surface area contributed by atoms with Gasteiger partial charge in [-0.3, -0.25) is 5.11 Å². The van der Waals surface area contributed by atoms with Gasteiger partial charge in [-0.15, -0.1) is 0 Å². The molecule has 0 aliphatic carbocycles. The first-order chi connectivity index (χ1) is 2.77. The van der Waals surface area contributed by atoms with Crippen molar-refractivity contribution in [1.82, 2.24) is 0 Å². The first-order valence-corrected chi connectivity index (χ1v) is 2.74. The van der Waals surface area contributed by atoms with Gasteiger partial charge >= 0.3 is 0 Å². The van der Waals surface area contributed by atoms with Crippen LogP contribution in [0.15, 0.2) is 11.7 Å². The summed E-state index contributed by atoms with van der Waals surface area (Å²) in [7, 11) is 0. The monoisotopic (exact) mass is 103 g/mol. The SMILES string of the molecule is C=C([O])SCC. The molecule has 0 atom stereocenters. The Kier molecular flexibility index (Phi) is 3.04. The second-order valence-electron chi connectivity index (χ2n) is 0.805. The average Bonchev–Trinajstić information content (AvgIpc) is 1.35. The van der Waals surface area contributed by atoms with E-state index in [1.165, 1.54) is 11.8 Å². The Balaban J connectivity index is 2.83. The zero-order valence-corrected chi connectivity index (χ0v) is 4.55. The van der Waals surface area contributed by atoms with Gasteiger partial charge in [0.25, 0.3) is 0 Å². The summed E-state index contributed by atoms with van der Waals surface area (Å²) in [5.41, 5.74) is 0. The largest absolute Gasteiger partial charge is 0.283 e. The fraction of sp³-hybridized carbons (Fsp3) is 0.500. The van der Waals surface area contributed by atoms with E-state index in [2.05, 4.69) is 6.58 Å². The molecular weight excluding hydrogens is 96.1 g/mol. The van der Waals surface area contributed by atoms with Gasteiger partial charge in [0.2, 0.25) is 5.09 Å². The van der Waals surface area contributed by atoms with E-state index >= 15 is 0 Å². The van der Waals surface area contributed by atoms with E-state index in [1.807, 2.05) is 6.92 Å². The van der Waals surface area contributed by atoms with Gasteiger partial charge in [-0.05, 0) is 12.3 Å². The molecule has 0 amide bonds. The molecule has 0 rings (SSSR count). The molecule has 0 aliphatic rings. The molecule has 0 aliphatic heterocycles. The van der Waals surface area contributed by atoms with Gasteiger partial charge in [-0.1, -0.05) is 18.7 Å². The summed E-state index contributed by atoms with van der Waals surface area (Å²) in [6.07, 6.45) is 0. The first-order valence-electron chi connectivity index (χ1n) is 1.76. The summed E-state index contributed by atoms with van der Waals surface area (Å²) in [4.78, 5) is 0. The molecule has 0 fully saturated rings. The fourth-order valence-corrected chi connectivity index (χ4v) is 0.483. The normalized spacial score (nSPS) is 8.17. The lowest BCUT2D eigenvalue weighted by molar-refractivity contribution is 0.338. The highest BCUT2D eigenvalue weighted by atomic mass is 32.2. The fourth-order valence-electron chi connectivity index (χ4n) is 0.161. The third kappa shape index (κ3) is 3.89. The van der Waals surface area contributed by atoms with Crippen molar-refractivity contribution >= 4 is 11.8 Å². The van der Waals surface area contributed by atoms with Crippen molar-refractivity contribution in [3.05, 3.63) is 11.7 Å². The van der Waals surface area contributed by atoms with Crippen molar-refractivity contribution in [2.24, 2.45) is 0 Å². The molecule has 0 spiro atoms.